The van der Waals surface area contributed by atoms with Crippen LogP contribution in [0, 0.1) is 17.8 Å². The highest BCUT2D eigenvalue weighted by Gasteiger charge is 2.38. The van der Waals surface area contributed by atoms with Crippen LogP contribution in [-0.4, -0.2) is 41.0 Å². The summed E-state index contributed by atoms with van der Waals surface area (Å²) in [6, 6.07) is 0.187. The Hall–Kier alpha value is -1.10. The number of hydrogen-bond donors (Lipinski definition) is 2. The summed E-state index contributed by atoms with van der Waals surface area (Å²) in [4.78, 5) is 24.7. The van der Waals surface area contributed by atoms with Gasteiger partial charge in [0.15, 0.2) is 0 Å². The van der Waals surface area contributed by atoms with Crippen molar-refractivity contribution in [1.29, 1.82) is 0 Å². The van der Waals surface area contributed by atoms with Crippen molar-refractivity contribution in [2.75, 3.05) is 13.1 Å². The normalized spacial score (nSPS) is 20.5. The third-order valence-corrected chi connectivity index (χ3v) is 4.04. The number of rotatable bonds is 7. The van der Waals surface area contributed by atoms with E-state index in [1.807, 2.05) is 13.8 Å². The lowest BCUT2D eigenvalue weighted by atomic mass is 9.86. The van der Waals surface area contributed by atoms with Crippen LogP contribution in [0.15, 0.2) is 0 Å². The summed E-state index contributed by atoms with van der Waals surface area (Å²) in [5, 5.41) is 8.90. The molecule has 3 unspecified atom stereocenters. The van der Waals surface area contributed by atoms with Crippen molar-refractivity contribution in [3.05, 3.63) is 0 Å². The molecule has 0 aliphatic carbocycles. The van der Waals surface area contributed by atoms with Crippen LogP contribution < -0.4 is 5.73 Å². The fourth-order valence-electron chi connectivity index (χ4n) is 2.39. The molecule has 1 aliphatic rings. The lowest BCUT2D eigenvalue weighted by Gasteiger charge is -2.42. The molecule has 5 heteroatoms. The van der Waals surface area contributed by atoms with Crippen LogP contribution in [0.2, 0.25) is 0 Å². The average molecular weight is 270 g/mol. The fourth-order valence-corrected chi connectivity index (χ4v) is 2.39. The van der Waals surface area contributed by atoms with Gasteiger partial charge in [-0.3, -0.25) is 9.59 Å². The van der Waals surface area contributed by atoms with E-state index in [1.54, 1.807) is 11.8 Å². The minimum atomic E-state index is -0.776. The molecule has 3 N–H and O–H groups in total. The van der Waals surface area contributed by atoms with Crippen molar-refractivity contribution in [2.45, 2.75) is 46.1 Å². The van der Waals surface area contributed by atoms with Crippen LogP contribution in [-0.2, 0) is 9.59 Å². The highest BCUT2D eigenvalue weighted by atomic mass is 16.4. The first kappa shape index (κ1) is 16.0. The van der Waals surface area contributed by atoms with Gasteiger partial charge in [-0.2, -0.15) is 0 Å². The van der Waals surface area contributed by atoms with Crippen LogP contribution in [0.5, 0.6) is 0 Å². The van der Waals surface area contributed by atoms with Gasteiger partial charge in [0.1, 0.15) is 0 Å². The Labute approximate surface area is 115 Å². The third kappa shape index (κ3) is 4.49. The Kier molecular flexibility index (Phi) is 5.79. The van der Waals surface area contributed by atoms with Gasteiger partial charge < -0.3 is 15.7 Å². The summed E-state index contributed by atoms with van der Waals surface area (Å²) in [5.74, 6) is -0.865. The van der Waals surface area contributed by atoms with Crippen molar-refractivity contribution in [3.63, 3.8) is 0 Å². The molecular formula is C14H26N2O3. The molecule has 0 saturated carbocycles. The highest BCUT2D eigenvalue weighted by molar-refractivity contribution is 5.79. The summed E-state index contributed by atoms with van der Waals surface area (Å²) in [7, 11) is 0. The van der Waals surface area contributed by atoms with E-state index >= 15 is 0 Å². The zero-order valence-corrected chi connectivity index (χ0v) is 12.1. The van der Waals surface area contributed by atoms with E-state index in [4.69, 9.17) is 10.8 Å². The number of carbonyl (C=O) groups excluding carboxylic acids is 1. The Morgan fingerprint density at radius 2 is 1.84 bits per heavy atom. The van der Waals surface area contributed by atoms with E-state index in [1.165, 1.54) is 0 Å². The van der Waals surface area contributed by atoms with Gasteiger partial charge in [-0.15, -0.1) is 0 Å². The van der Waals surface area contributed by atoms with Crippen LogP contribution in [0.4, 0.5) is 0 Å². The van der Waals surface area contributed by atoms with Gasteiger partial charge in [-0.05, 0) is 19.8 Å². The predicted octanol–water partition coefficient (Wildman–Crippen LogP) is 1.32. The van der Waals surface area contributed by atoms with Crippen molar-refractivity contribution >= 4 is 11.9 Å². The number of nitrogens with two attached hydrogens (primary N) is 1. The molecule has 0 spiro atoms. The molecule has 5 nitrogen and oxygen atoms in total. The van der Waals surface area contributed by atoms with Gasteiger partial charge in [-0.1, -0.05) is 20.3 Å². The van der Waals surface area contributed by atoms with E-state index in [0.29, 0.717) is 13.1 Å². The van der Waals surface area contributed by atoms with Crippen LogP contribution in [0.3, 0.4) is 0 Å². The Morgan fingerprint density at radius 3 is 2.32 bits per heavy atom. The van der Waals surface area contributed by atoms with Crippen molar-refractivity contribution in [3.8, 4) is 0 Å². The van der Waals surface area contributed by atoms with E-state index in [-0.39, 0.29) is 29.7 Å². The lowest BCUT2D eigenvalue weighted by Crippen LogP contribution is -2.54. The Balaban J connectivity index is 2.27. The number of carboxylic acids is 1. The minimum Gasteiger partial charge on any atom is -0.481 e. The second-order valence-electron chi connectivity index (χ2n) is 5.94. The van der Waals surface area contributed by atoms with Gasteiger partial charge in [0, 0.05) is 31.0 Å². The molecular weight excluding hydrogens is 244 g/mol. The SMILES string of the molecule is CC(N)CCCC(C)C(=O)N1CC(C(C)C(=O)O)C1. The van der Waals surface area contributed by atoms with Gasteiger partial charge >= 0.3 is 5.97 Å². The highest BCUT2D eigenvalue weighted by Crippen LogP contribution is 2.26. The largest absolute Gasteiger partial charge is 0.481 e. The third-order valence-electron chi connectivity index (χ3n) is 4.04. The number of nitrogens with zero attached hydrogens (tertiary/aromatic N) is 1. The topological polar surface area (TPSA) is 83.6 Å². The molecule has 1 amide bonds. The maximum Gasteiger partial charge on any atom is 0.306 e. The number of aliphatic carboxylic acids is 1. The number of likely N-dealkylation sites (tertiary alicyclic amines) is 1. The van der Waals surface area contributed by atoms with Crippen molar-refractivity contribution < 1.29 is 14.7 Å². The molecule has 0 aromatic carbocycles. The van der Waals surface area contributed by atoms with Gasteiger partial charge in [-0.25, -0.2) is 0 Å². The van der Waals surface area contributed by atoms with Crippen molar-refractivity contribution in [1.82, 2.24) is 4.90 Å². The first-order chi connectivity index (χ1) is 8.82. The molecule has 0 bridgehead atoms. The van der Waals surface area contributed by atoms with E-state index in [0.717, 1.165) is 19.3 Å². The van der Waals surface area contributed by atoms with E-state index in [2.05, 4.69) is 0 Å². The number of carbonyl (C=O) groups is 2. The number of hydrogen-bond acceptors (Lipinski definition) is 3. The van der Waals surface area contributed by atoms with E-state index < -0.39 is 5.97 Å². The second-order valence-corrected chi connectivity index (χ2v) is 5.94. The number of amides is 1. The predicted molar refractivity (Wildman–Crippen MR) is 73.5 cm³/mol. The molecule has 110 valence electrons. The summed E-state index contributed by atoms with van der Waals surface area (Å²) in [6.07, 6.45) is 2.76. The molecule has 1 fully saturated rings. The molecule has 0 radical (unpaired) electrons. The average Bonchev–Trinajstić information content (AvgIpc) is 2.25. The molecule has 0 aromatic heterocycles. The zero-order chi connectivity index (χ0) is 14.6. The summed E-state index contributed by atoms with van der Waals surface area (Å²) in [6.45, 7) is 6.80. The van der Waals surface area contributed by atoms with Gasteiger partial charge in [0.05, 0.1) is 5.92 Å². The first-order valence-electron chi connectivity index (χ1n) is 7.10. The maximum atomic E-state index is 12.1. The summed E-state index contributed by atoms with van der Waals surface area (Å²) >= 11 is 0. The fraction of sp³-hybridized carbons (Fsp3) is 0.857. The molecule has 1 aliphatic heterocycles. The van der Waals surface area contributed by atoms with Gasteiger partial charge in [0.25, 0.3) is 0 Å². The number of carboxylic acid groups (broad SMARTS) is 1. The Morgan fingerprint density at radius 1 is 1.26 bits per heavy atom. The molecule has 19 heavy (non-hydrogen) atoms. The quantitative estimate of drug-likeness (QED) is 0.731. The minimum absolute atomic E-state index is 0.0137. The van der Waals surface area contributed by atoms with Crippen LogP contribution in [0.1, 0.15) is 40.0 Å². The summed E-state index contributed by atoms with van der Waals surface area (Å²) < 4.78 is 0. The Bertz CT molecular complexity index is 325. The second kappa shape index (κ2) is 6.89. The molecule has 1 saturated heterocycles. The molecule has 1 rings (SSSR count). The lowest BCUT2D eigenvalue weighted by molar-refractivity contribution is -0.152. The monoisotopic (exact) mass is 270 g/mol. The van der Waals surface area contributed by atoms with Crippen LogP contribution >= 0.6 is 0 Å². The molecule has 1 heterocycles. The van der Waals surface area contributed by atoms with Gasteiger partial charge in [0.2, 0.25) is 5.91 Å². The standard InChI is InChI=1S/C14H26N2O3/c1-9(5-4-6-10(2)15)13(17)16-7-12(8-16)11(3)14(18)19/h9-12H,4-8,15H2,1-3H3,(H,18,19). The molecule has 0 aromatic rings. The first-order valence-corrected chi connectivity index (χ1v) is 7.10. The zero-order valence-electron chi connectivity index (χ0n) is 12.1. The maximum absolute atomic E-state index is 12.1. The van der Waals surface area contributed by atoms with Crippen molar-refractivity contribution in [2.24, 2.45) is 23.5 Å². The van der Waals surface area contributed by atoms with E-state index in [9.17, 15) is 9.59 Å². The van der Waals surface area contributed by atoms with Crippen LogP contribution in [0.25, 0.3) is 0 Å². The molecule has 3 atom stereocenters. The summed E-state index contributed by atoms with van der Waals surface area (Å²) in [5.41, 5.74) is 5.68. The smallest absolute Gasteiger partial charge is 0.306 e.